The van der Waals surface area contributed by atoms with E-state index in [0.29, 0.717) is 0 Å². The van der Waals surface area contributed by atoms with Crippen LogP contribution in [-0.2, 0) is 0 Å². The Morgan fingerprint density at radius 3 is 2.50 bits per heavy atom. The molecule has 16 heavy (non-hydrogen) atoms. The van der Waals surface area contributed by atoms with E-state index in [-0.39, 0.29) is 0 Å². The molecule has 0 bridgehead atoms. The first-order chi connectivity index (χ1) is 7.88. The van der Waals surface area contributed by atoms with Crippen LogP contribution in [0.15, 0.2) is 54.0 Å². The van der Waals surface area contributed by atoms with E-state index in [9.17, 15) is 0 Å². The lowest BCUT2D eigenvalue weighted by molar-refractivity contribution is -0.594. The van der Waals surface area contributed by atoms with Gasteiger partial charge in [-0.25, -0.2) is 9.55 Å². The van der Waals surface area contributed by atoms with Crippen molar-refractivity contribution in [2.24, 2.45) is 4.99 Å². The van der Waals surface area contributed by atoms with Crippen molar-refractivity contribution in [1.82, 2.24) is 4.98 Å². The fraction of sp³-hybridized carbons (Fsp3) is 0. The van der Waals surface area contributed by atoms with Crippen molar-refractivity contribution in [3.8, 4) is 11.9 Å². The van der Waals surface area contributed by atoms with Crippen LogP contribution in [0.3, 0.4) is 0 Å². The Balaban J connectivity index is 0.000000221. The molecule has 1 N–H and O–H groups in total. The highest BCUT2D eigenvalue weighted by molar-refractivity contribution is 5.46. The molecule has 0 aliphatic rings. The second kappa shape index (κ2) is 6.71. The third-order valence-corrected chi connectivity index (χ3v) is 1.70. The van der Waals surface area contributed by atoms with Crippen molar-refractivity contribution in [3.05, 3.63) is 54.5 Å². The van der Waals surface area contributed by atoms with Gasteiger partial charge in [0.15, 0.2) is 0 Å². The lowest BCUT2D eigenvalue weighted by Gasteiger charge is -1.91. The maximum Gasteiger partial charge on any atom is 0.246 e. The molecule has 0 saturated heterocycles. The largest absolute Gasteiger partial charge is 0.422 e. The van der Waals surface area contributed by atoms with Gasteiger partial charge in [-0.15, -0.1) is 6.01 Å². The van der Waals surface area contributed by atoms with Crippen LogP contribution < -0.4 is 4.57 Å². The summed E-state index contributed by atoms with van der Waals surface area (Å²) in [5.41, 5.74) is 1.17. The van der Waals surface area contributed by atoms with E-state index < -0.39 is 0 Å². The highest BCUT2D eigenvalue weighted by Gasteiger charge is 1.97. The number of rotatable bonds is 1. The molecule has 0 radical (unpaired) electrons. The van der Waals surface area contributed by atoms with Crippen LogP contribution in [0, 0.1) is 11.5 Å². The zero-order valence-electron chi connectivity index (χ0n) is 8.41. The van der Waals surface area contributed by atoms with Gasteiger partial charge in [0.2, 0.25) is 6.33 Å². The minimum absolute atomic E-state index is 1.17. The summed E-state index contributed by atoms with van der Waals surface area (Å²) in [6, 6.07) is 11.5. The average Bonchev–Trinajstić information content (AvgIpc) is 2.86. The maximum atomic E-state index is 7.43. The number of nitriles is 1. The number of aromatic nitrogens is 2. The second-order valence-electron chi connectivity index (χ2n) is 2.67. The van der Waals surface area contributed by atoms with Gasteiger partial charge in [0.05, 0.1) is 6.19 Å². The lowest BCUT2D eigenvalue weighted by Crippen LogP contribution is -2.26. The molecule has 5 nitrogen and oxygen atoms in total. The first kappa shape index (κ1) is 11.4. The smallest absolute Gasteiger partial charge is 0.246 e. The lowest BCUT2D eigenvalue weighted by atomic mass is 10.3. The molecular formula is C11H9N5. The summed E-state index contributed by atoms with van der Waals surface area (Å²) in [5.74, 6) is 0. The van der Waals surface area contributed by atoms with E-state index in [1.165, 1.54) is 17.9 Å². The standard InChI is InChI=1S/C9H8N2.C2N3/c1-2-4-9(5-3-1)11-7-6-10-8-11;3-1-5-2-4/h1-8H;/q;-1/p+1. The Hall–Kier alpha value is -2.70. The van der Waals surface area contributed by atoms with E-state index in [2.05, 4.69) is 22.1 Å². The Labute approximate surface area is 92.8 Å². The molecule has 1 aromatic carbocycles. The minimum atomic E-state index is 1.17. The number of para-hydroxylation sites is 1. The number of nitrogens with one attached hydrogen (secondary N) is 1. The third-order valence-electron chi connectivity index (χ3n) is 1.70. The van der Waals surface area contributed by atoms with E-state index in [0.717, 1.165) is 0 Å². The molecule has 5 heteroatoms. The molecular weight excluding hydrogens is 202 g/mol. The van der Waals surface area contributed by atoms with Gasteiger partial charge in [-0.3, -0.25) is 0 Å². The van der Waals surface area contributed by atoms with Gasteiger partial charge in [-0.05, 0) is 12.1 Å². The molecule has 0 fully saturated rings. The summed E-state index contributed by atoms with van der Waals surface area (Å²) in [5, 5.41) is 14.9. The van der Waals surface area contributed by atoms with E-state index in [4.69, 9.17) is 10.7 Å². The number of hydrogen-bond donors (Lipinski definition) is 1. The Bertz CT molecular complexity index is 489. The van der Waals surface area contributed by atoms with Crippen LogP contribution in [0.25, 0.3) is 11.1 Å². The molecule has 2 rings (SSSR count). The number of imidazole rings is 1. The van der Waals surface area contributed by atoms with Crippen LogP contribution >= 0.6 is 0 Å². The van der Waals surface area contributed by atoms with Crippen molar-refractivity contribution in [2.75, 3.05) is 0 Å². The van der Waals surface area contributed by atoms with E-state index in [1.54, 1.807) is 0 Å². The van der Waals surface area contributed by atoms with E-state index >= 15 is 0 Å². The molecule has 0 atom stereocenters. The molecule has 0 amide bonds. The third kappa shape index (κ3) is 3.58. The number of benzene rings is 1. The second-order valence-corrected chi connectivity index (χ2v) is 2.67. The number of H-pyrrole nitrogens is 1. The van der Waals surface area contributed by atoms with Gasteiger partial charge in [0, 0.05) is 0 Å². The zero-order valence-corrected chi connectivity index (χ0v) is 8.41. The quantitative estimate of drug-likeness (QED) is 0.433. The van der Waals surface area contributed by atoms with Gasteiger partial charge in [0.25, 0.3) is 0 Å². The molecule has 0 spiro atoms. The fourth-order valence-corrected chi connectivity index (χ4v) is 1.07. The Kier molecular flexibility index (Phi) is 4.77. The predicted octanol–water partition coefficient (Wildman–Crippen LogP) is 1.50. The van der Waals surface area contributed by atoms with Crippen molar-refractivity contribution >= 4 is 6.01 Å². The summed E-state index contributed by atoms with van der Waals surface area (Å²) in [4.78, 5) is 5.57. The van der Waals surface area contributed by atoms with Gasteiger partial charge in [-0.2, -0.15) is 5.26 Å². The van der Waals surface area contributed by atoms with Crippen molar-refractivity contribution in [3.63, 3.8) is 0 Å². The topological polar surface area (TPSA) is 78.1 Å². The average molecular weight is 211 g/mol. The van der Waals surface area contributed by atoms with Gasteiger partial charge >= 0.3 is 0 Å². The predicted molar refractivity (Wildman–Crippen MR) is 58.7 cm³/mol. The normalized spacial score (nSPS) is 7.94. The maximum absolute atomic E-state index is 7.43. The summed E-state index contributed by atoms with van der Waals surface area (Å²) >= 11 is 0. The molecule has 1 heterocycles. The van der Waals surface area contributed by atoms with Gasteiger partial charge in [-0.1, -0.05) is 18.2 Å². The number of hydrogen-bond acceptors (Lipinski definition) is 2. The highest BCUT2D eigenvalue weighted by atomic mass is 15.0. The SMILES string of the molecule is N#CN=C=[N-].c1ccc(-[n+]2cc[nH]c2)cc1. The fourth-order valence-electron chi connectivity index (χ4n) is 1.07. The first-order valence-corrected chi connectivity index (χ1v) is 4.46. The molecule has 0 unspecified atom stereocenters. The summed E-state index contributed by atoms with van der Waals surface area (Å²) in [6.07, 6.45) is 7.07. The van der Waals surface area contributed by atoms with Crippen molar-refractivity contribution in [1.29, 1.82) is 5.26 Å². The number of nitrogens with zero attached hydrogens (tertiary/aromatic N) is 4. The van der Waals surface area contributed by atoms with Crippen molar-refractivity contribution < 1.29 is 4.57 Å². The molecule has 78 valence electrons. The number of aliphatic imine (C=N–C) groups is 1. The molecule has 2 aromatic rings. The molecule has 0 aliphatic heterocycles. The molecule has 1 aromatic heterocycles. The van der Waals surface area contributed by atoms with Gasteiger partial charge in [0.1, 0.15) is 18.1 Å². The zero-order chi connectivity index (χ0) is 11.6. The van der Waals surface area contributed by atoms with Crippen LogP contribution in [0.2, 0.25) is 0 Å². The summed E-state index contributed by atoms with van der Waals surface area (Å²) in [6.45, 7) is 0. The van der Waals surface area contributed by atoms with Crippen LogP contribution in [0.4, 0.5) is 0 Å². The first-order valence-electron chi connectivity index (χ1n) is 4.46. The van der Waals surface area contributed by atoms with Gasteiger partial charge < -0.3 is 10.4 Å². The minimum Gasteiger partial charge on any atom is -0.422 e. The van der Waals surface area contributed by atoms with E-state index in [1.807, 2.05) is 41.5 Å². The summed E-state index contributed by atoms with van der Waals surface area (Å²) in [7, 11) is 0. The van der Waals surface area contributed by atoms with Crippen LogP contribution in [-0.4, -0.2) is 11.0 Å². The van der Waals surface area contributed by atoms with Crippen LogP contribution in [0.1, 0.15) is 0 Å². The van der Waals surface area contributed by atoms with Crippen molar-refractivity contribution in [2.45, 2.75) is 0 Å². The number of aromatic amines is 1. The molecule has 0 aliphatic carbocycles. The Morgan fingerprint density at radius 2 is 2.06 bits per heavy atom. The summed E-state index contributed by atoms with van der Waals surface area (Å²) < 4.78 is 2.03. The molecule has 0 saturated carbocycles. The monoisotopic (exact) mass is 211 g/mol. The highest BCUT2D eigenvalue weighted by Crippen LogP contribution is 1.95. The Morgan fingerprint density at radius 1 is 1.31 bits per heavy atom. The van der Waals surface area contributed by atoms with Crippen LogP contribution in [0.5, 0.6) is 0 Å².